The summed E-state index contributed by atoms with van der Waals surface area (Å²) in [6, 6.07) is 6.09. The first-order chi connectivity index (χ1) is 6.63. The largest absolute Gasteiger partial charge is 0.0925 e. The Kier molecular flexibility index (Phi) is 5.50. The number of halogens is 3. The third-order valence-electron chi connectivity index (χ3n) is 2.18. The molecule has 0 radical (unpaired) electrons. The minimum Gasteiger partial charge on any atom is -0.0925 e. The van der Waals surface area contributed by atoms with Crippen LogP contribution in [-0.4, -0.2) is 5.33 Å². The van der Waals surface area contributed by atoms with Crippen molar-refractivity contribution in [2.75, 3.05) is 5.33 Å². The molecule has 0 heterocycles. The van der Waals surface area contributed by atoms with Crippen molar-refractivity contribution in [2.24, 2.45) is 5.92 Å². The Balaban J connectivity index is 2.59. The minimum absolute atomic E-state index is 0.703. The predicted molar refractivity (Wildman–Crippen MR) is 70.4 cm³/mol. The van der Waals surface area contributed by atoms with E-state index in [0.717, 1.165) is 21.2 Å². The van der Waals surface area contributed by atoms with Crippen molar-refractivity contribution in [1.29, 1.82) is 0 Å². The van der Waals surface area contributed by atoms with Crippen LogP contribution in [0, 0.1) is 5.92 Å². The molecule has 78 valence electrons. The molecular formula is C11H13Br2Cl. The predicted octanol–water partition coefficient (Wildman–Crippen LogP) is 5.07. The van der Waals surface area contributed by atoms with Gasteiger partial charge in [-0.1, -0.05) is 56.5 Å². The van der Waals surface area contributed by atoms with Gasteiger partial charge in [0.05, 0.1) is 0 Å². The number of alkyl halides is 1. The lowest BCUT2D eigenvalue weighted by Crippen LogP contribution is -1.98. The number of hydrogen-bond donors (Lipinski definition) is 0. The van der Waals surface area contributed by atoms with Gasteiger partial charge in [0.25, 0.3) is 0 Å². The van der Waals surface area contributed by atoms with Gasteiger partial charge < -0.3 is 0 Å². The molecule has 0 nitrogen and oxygen atoms in total. The van der Waals surface area contributed by atoms with Crippen LogP contribution >= 0.6 is 43.5 Å². The second kappa shape index (κ2) is 6.14. The molecule has 1 unspecified atom stereocenters. The quantitative estimate of drug-likeness (QED) is 0.672. The lowest BCUT2D eigenvalue weighted by molar-refractivity contribution is 0.600. The zero-order chi connectivity index (χ0) is 10.6. The first kappa shape index (κ1) is 12.5. The van der Waals surface area contributed by atoms with E-state index in [1.807, 2.05) is 12.1 Å². The Bertz CT molecular complexity index is 299. The first-order valence-electron chi connectivity index (χ1n) is 4.63. The number of benzene rings is 1. The van der Waals surface area contributed by atoms with Crippen molar-refractivity contribution in [3.05, 3.63) is 33.3 Å². The maximum atomic E-state index is 6.11. The molecule has 1 aromatic carbocycles. The lowest BCUT2D eigenvalue weighted by Gasteiger charge is -2.08. The van der Waals surface area contributed by atoms with Crippen LogP contribution in [0.1, 0.15) is 18.9 Å². The summed E-state index contributed by atoms with van der Waals surface area (Å²) < 4.78 is 1.04. The molecule has 0 amide bonds. The van der Waals surface area contributed by atoms with E-state index < -0.39 is 0 Å². The summed E-state index contributed by atoms with van der Waals surface area (Å²) in [6.45, 7) is 2.24. The molecule has 1 aromatic rings. The molecule has 0 aromatic heterocycles. The fraction of sp³-hybridized carbons (Fsp3) is 0.455. The summed E-state index contributed by atoms with van der Waals surface area (Å²) in [6.07, 6.45) is 2.23. The summed E-state index contributed by atoms with van der Waals surface area (Å²) in [5, 5.41) is 1.92. The highest BCUT2D eigenvalue weighted by atomic mass is 79.9. The summed E-state index contributed by atoms with van der Waals surface area (Å²) in [4.78, 5) is 0. The van der Waals surface area contributed by atoms with Gasteiger partial charge in [-0.25, -0.2) is 0 Å². The summed E-state index contributed by atoms with van der Waals surface area (Å²) in [5.74, 6) is 0.703. The molecule has 0 fully saturated rings. The van der Waals surface area contributed by atoms with E-state index in [0.29, 0.717) is 5.92 Å². The third kappa shape index (κ3) is 3.92. The van der Waals surface area contributed by atoms with E-state index in [9.17, 15) is 0 Å². The molecule has 0 aliphatic rings. The molecule has 1 atom stereocenters. The second-order valence-electron chi connectivity index (χ2n) is 3.53. The molecule has 3 heteroatoms. The van der Waals surface area contributed by atoms with Gasteiger partial charge in [0.1, 0.15) is 0 Å². The van der Waals surface area contributed by atoms with Crippen LogP contribution in [0.5, 0.6) is 0 Å². The fourth-order valence-electron chi connectivity index (χ4n) is 1.20. The summed E-state index contributed by atoms with van der Waals surface area (Å²) in [5.41, 5.74) is 1.24. The highest BCUT2D eigenvalue weighted by Gasteiger charge is 2.04. The molecule has 1 rings (SSSR count). The maximum absolute atomic E-state index is 6.11. The molecule has 0 bridgehead atoms. The molecule has 14 heavy (non-hydrogen) atoms. The Morgan fingerprint density at radius 3 is 2.71 bits per heavy atom. The van der Waals surface area contributed by atoms with Crippen LogP contribution in [-0.2, 0) is 6.42 Å². The van der Waals surface area contributed by atoms with E-state index in [-0.39, 0.29) is 0 Å². The van der Waals surface area contributed by atoms with Gasteiger partial charge >= 0.3 is 0 Å². The molecule has 0 N–H and O–H groups in total. The maximum Gasteiger partial charge on any atom is 0.0449 e. The lowest BCUT2D eigenvalue weighted by atomic mass is 10.0. The number of rotatable bonds is 4. The Morgan fingerprint density at radius 1 is 1.43 bits per heavy atom. The van der Waals surface area contributed by atoms with Crippen LogP contribution in [0.15, 0.2) is 22.7 Å². The van der Waals surface area contributed by atoms with Gasteiger partial charge in [-0.2, -0.15) is 0 Å². The average molecular weight is 340 g/mol. The van der Waals surface area contributed by atoms with E-state index in [4.69, 9.17) is 11.6 Å². The zero-order valence-electron chi connectivity index (χ0n) is 8.06. The van der Waals surface area contributed by atoms with Gasteiger partial charge in [-0.15, -0.1) is 0 Å². The van der Waals surface area contributed by atoms with E-state index in [1.54, 1.807) is 0 Å². The summed E-state index contributed by atoms with van der Waals surface area (Å²) in [7, 11) is 0. The molecule has 0 saturated carbocycles. The molecule has 0 spiro atoms. The molecule has 0 aliphatic heterocycles. The van der Waals surface area contributed by atoms with E-state index in [2.05, 4.69) is 44.8 Å². The SMILES string of the molecule is CC(CBr)CCc1ccc(Br)cc1Cl. The smallest absolute Gasteiger partial charge is 0.0449 e. The van der Waals surface area contributed by atoms with E-state index in [1.165, 1.54) is 12.0 Å². The van der Waals surface area contributed by atoms with Crippen LogP contribution in [0.25, 0.3) is 0 Å². The second-order valence-corrected chi connectivity index (χ2v) is 5.50. The Morgan fingerprint density at radius 2 is 2.14 bits per heavy atom. The van der Waals surface area contributed by atoms with E-state index >= 15 is 0 Å². The summed E-state index contributed by atoms with van der Waals surface area (Å²) >= 11 is 13.0. The van der Waals surface area contributed by atoms with Crippen LogP contribution < -0.4 is 0 Å². The number of aryl methyl sites for hydroxylation is 1. The molecule has 0 saturated heterocycles. The van der Waals surface area contributed by atoms with Gasteiger partial charge in [0, 0.05) is 14.8 Å². The van der Waals surface area contributed by atoms with Crippen molar-refractivity contribution < 1.29 is 0 Å². The Hall–Kier alpha value is 0.470. The number of hydrogen-bond acceptors (Lipinski definition) is 0. The minimum atomic E-state index is 0.703. The average Bonchev–Trinajstić information content (AvgIpc) is 2.16. The fourth-order valence-corrected chi connectivity index (χ4v) is 2.30. The van der Waals surface area contributed by atoms with Crippen molar-refractivity contribution in [1.82, 2.24) is 0 Å². The monoisotopic (exact) mass is 338 g/mol. The standard InChI is InChI=1S/C11H13Br2Cl/c1-8(7-12)2-3-9-4-5-10(13)6-11(9)14/h4-6,8H,2-3,7H2,1H3. The van der Waals surface area contributed by atoms with Gasteiger partial charge in [-0.3, -0.25) is 0 Å². The van der Waals surface area contributed by atoms with Crippen molar-refractivity contribution in [3.63, 3.8) is 0 Å². The van der Waals surface area contributed by atoms with Crippen molar-refractivity contribution >= 4 is 43.5 Å². The highest BCUT2D eigenvalue weighted by Crippen LogP contribution is 2.23. The Labute approximate surface area is 107 Å². The topological polar surface area (TPSA) is 0 Å². The molecule has 0 aliphatic carbocycles. The van der Waals surface area contributed by atoms with Gasteiger partial charge in [0.2, 0.25) is 0 Å². The van der Waals surface area contributed by atoms with Crippen molar-refractivity contribution in [2.45, 2.75) is 19.8 Å². The molecular weight excluding hydrogens is 327 g/mol. The van der Waals surface area contributed by atoms with Crippen molar-refractivity contribution in [3.8, 4) is 0 Å². The van der Waals surface area contributed by atoms with Crippen LogP contribution in [0.3, 0.4) is 0 Å². The van der Waals surface area contributed by atoms with Gasteiger partial charge in [0.15, 0.2) is 0 Å². The van der Waals surface area contributed by atoms with Gasteiger partial charge in [-0.05, 0) is 36.5 Å². The first-order valence-corrected chi connectivity index (χ1v) is 6.92. The van der Waals surface area contributed by atoms with Crippen LogP contribution in [0.2, 0.25) is 5.02 Å². The zero-order valence-corrected chi connectivity index (χ0v) is 12.0. The third-order valence-corrected chi connectivity index (χ3v) is 4.14. The van der Waals surface area contributed by atoms with Crippen LogP contribution in [0.4, 0.5) is 0 Å². The highest BCUT2D eigenvalue weighted by molar-refractivity contribution is 9.10. The normalized spacial score (nSPS) is 12.9.